The first-order valence-corrected chi connectivity index (χ1v) is 5.06. The number of hydrogen-bond acceptors (Lipinski definition) is 4. The molecule has 0 aliphatic rings. The van der Waals surface area contributed by atoms with E-state index in [1.165, 1.54) is 6.07 Å². The molecule has 0 saturated carbocycles. The Morgan fingerprint density at radius 2 is 2.25 bits per heavy atom. The SMILES string of the molecule is CCOC(=O)C(O)(CC)c1ccc(F)cn1. The predicted octanol–water partition coefficient (Wildman–Crippen LogP) is 1.38. The van der Waals surface area contributed by atoms with Crippen molar-refractivity contribution in [2.45, 2.75) is 25.9 Å². The summed E-state index contributed by atoms with van der Waals surface area (Å²) in [6.07, 6.45) is 1.07. The van der Waals surface area contributed by atoms with E-state index in [0.29, 0.717) is 0 Å². The number of aliphatic hydroxyl groups is 1. The van der Waals surface area contributed by atoms with Gasteiger partial charge in [-0.3, -0.25) is 4.98 Å². The number of hydrogen-bond donors (Lipinski definition) is 1. The number of rotatable bonds is 4. The molecule has 0 aliphatic carbocycles. The Kier molecular flexibility index (Phi) is 3.95. The van der Waals surface area contributed by atoms with Gasteiger partial charge in [0, 0.05) is 0 Å². The Labute approximate surface area is 93.1 Å². The number of pyridine rings is 1. The van der Waals surface area contributed by atoms with Crippen molar-refractivity contribution in [3.05, 3.63) is 29.8 Å². The maximum absolute atomic E-state index is 12.7. The van der Waals surface area contributed by atoms with Crippen LogP contribution in [0.4, 0.5) is 4.39 Å². The van der Waals surface area contributed by atoms with Crippen LogP contribution in [0.25, 0.3) is 0 Å². The second kappa shape index (κ2) is 5.03. The molecule has 16 heavy (non-hydrogen) atoms. The molecule has 1 unspecified atom stereocenters. The molecule has 1 aromatic rings. The van der Waals surface area contributed by atoms with Gasteiger partial charge in [-0.1, -0.05) is 6.92 Å². The zero-order valence-corrected chi connectivity index (χ0v) is 9.24. The summed E-state index contributed by atoms with van der Waals surface area (Å²) in [5.74, 6) is -1.29. The van der Waals surface area contributed by atoms with Gasteiger partial charge in [0.15, 0.2) is 0 Å². The van der Waals surface area contributed by atoms with Crippen LogP contribution in [0, 0.1) is 5.82 Å². The summed E-state index contributed by atoms with van der Waals surface area (Å²) in [6.45, 7) is 3.44. The fourth-order valence-electron chi connectivity index (χ4n) is 1.30. The van der Waals surface area contributed by atoms with Crippen molar-refractivity contribution in [2.24, 2.45) is 0 Å². The Morgan fingerprint density at radius 1 is 1.56 bits per heavy atom. The van der Waals surface area contributed by atoms with Crippen LogP contribution in [-0.4, -0.2) is 22.7 Å². The lowest BCUT2D eigenvalue weighted by molar-refractivity contribution is -0.167. The molecule has 88 valence electrons. The van der Waals surface area contributed by atoms with Gasteiger partial charge in [-0.05, 0) is 25.5 Å². The van der Waals surface area contributed by atoms with Gasteiger partial charge in [0.05, 0.1) is 18.5 Å². The van der Waals surface area contributed by atoms with E-state index in [0.717, 1.165) is 12.3 Å². The molecule has 0 aliphatic heterocycles. The van der Waals surface area contributed by atoms with Crippen molar-refractivity contribution in [1.82, 2.24) is 4.98 Å². The molecule has 0 amide bonds. The van der Waals surface area contributed by atoms with Gasteiger partial charge >= 0.3 is 5.97 Å². The largest absolute Gasteiger partial charge is 0.464 e. The molecule has 1 atom stereocenters. The Bertz CT molecular complexity index is 366. The van der Waals surface area contributed by atoms with E-state index in [9.17, 15) is 14.3 Å². The number of carbonyl (C=O) groups is 1. The summed E-state index contributed by atoms with van der Waals surface area (Å²) in [5, 5.41) is 10.1. The first-order chi connectivity index (χ1) is 7.54. The molecule has 0 bridgehead atoms. The van der Waals surface area contributed by atoms with Crippen molar-refractivity contribution in [3.63, 3.8) is 0 Å². The van der Waals surface area contributed by atoms with E-state index >= 15 is 0 Å². The van der Waals surface area contributed by atoms with Crippen LogP contribution in [0.5, 0.6) is 0 Å². The molecule has 1 aromatic heterocycles. The van der Waals surface area contributed by atoms with E-state index in [-0.39, 0.29) is 18.7 Å². The summed E-state index contributed by atoms with van der Waals surface area (Å²) in [6, 6.07) is 2.41. The van der Waals surface area contributed by atoms with Crippen LogP contribution < -0.4 is 0 Å². The number of halogens is 1. The lowest BCUT2D eigenvalue weighted by Gasteiger charge is -2.23. The summed E-state index contributed by atoms with van der Waals surface area (Å²) < 4.78 is 17.4. The first kappa shape index (κ1) is 12.6. The Balaban J connectivity index is 3.04. The summed E-state index contributed by atoms with van der Waals surface area (Å²) in [4.78, 5) is 15.3. The number of aromatic nitrogens is 1. The lowest BCUT2D eigenvalue weighted by Crippen LogP contribution is -2.37. The van der Waals surface area contributed by atoms with Crippen molar-refractivity contribution in [1.29, 1.82) is 0 Å². The summed E-state index contributed by atoms with van der Waals surface area (Å²) in [5.41, 5.74) is -1.71. The van der Waals surface area contributed by atoms with Crippen LogP contribution in [0.2, 0.25) is 0 Å². The number of nitrogens with zero attached hydrogens (tertiary/aromatic N) is 1. The number of carbonyl (C=O) groups excluding carboxylic acids is 1. The molecule has 1 rings (SSSR count). The van der Waals surface area contributed by atoms with Gasteiger partial charge in [-0.15, -0.1) is 0 Å². The van der Waals surface area contributed by atoms with Gasteiger partial charge in [-0.2, -0.15) is 0 Å². The summed E-state index contributed by atoms with van der Waals surface area (Å²) >= 11 is 0. The van der Waals surface area contributed by atoms with Gasteiger partial charge in [-0.25, -0.2) is 9.18 Å². The van der Waals surface area contributed by atoms with Crippen LogP contribution in [-0.2, 0) is 15.1 Å². The van der Waals surface area contributed by atoms with Crippen LogP contribution >= 0.6 is 0 Å². The van der Waals surface area contributed by atoms with Crippen molar-refractivity contribution in [3.8, 4) is 0 Å². The van der Waals surface area contributed by atoms with Crippen LogP contribution in [0.3, 0.4) is 0 Å². The molecule has 0 radical (unpaired) electrons. The second-order valence-electron chi connectivity index (χ2n) is 3.30. The zero-order chi connectivity index (χ0) is 12.2. The molecule has 1 N–H and O–H groups in total. The average Bonchev–Trinajstić information content (AvgIpc) is 2.29. The van der Waals surface area contributed by atoms with E-state index in [1.54, 1.807) is 13.8 Å². The monoisotopic (exact) mass is 227 g/mol. The van der Waals surface area contributed by atoms with Crippen LogP contribution in [0.15, 0.2) is 18.3 Å². The maximum atomic E-state index is 12.7. The zero-order valence-electron chi connectivity index (χ0n) is 9.24. The smallest absolute Gasteiger partial charge is 0.344 e. The van der Waals surface area contributed by atoms with Gasteiger partial charge in [0.1, 0.15) is 5.82 Å². The molecular formula is C11H14FNO3. The second-order valence-corrected chi connectivity index (χ2v) is 3.30. The summed E-state index contributed by atoms with van der Waals surface area (Å²) in [7, 11) is 0. The van der Waals surface area contributed by atoms with Gasteiger partial charge < -0.3 is 9.84 Å². The standard InChI is InChI=1S/C11H14FNO3/c1-3-11(15,10(14)16-4-2)9-6-5-8(12)7-13-9/h5-7,15H,3-4H2,1-2H3. The van der Waals surface area contributed by atoms with Crippen LogP contribution in [0.1, 0.15) is 26.0 Å². The van der Waals surface area contributed by atoms with E-state index < -0.39 is 17.4 Å². The highest BCUT2D eigenvalue weighted by Gasteiger charge is 2.39. The van der Waals surface area contributed by atoms with Crippen molar-refractivity contribution in [2.75, 3.05) is 6.61 Å². The molecular weight excluding hydrogens is 213 g/mol. The van der Waals surface area contributed by atoms with E-state index in [1.807, 2.05) is 0 Å². The highest BCUT2D eigenvalue weighted by molar-refractivity contribution is 5.80. The van der Waals surface area contributed by atoms with Crippen molar-refractivity contribution >= 4 is 5.97 Å². The Morgan fingerprint density at radius 3 is 2.69 bits per heavy atom. The van der Waals surface area contributed by atoms with Gasteiger partial charge in [0.2, 0.25) is 5.60 Å². The predicted molar refractivity (Wildman–Crippen MR) is 55.0 cm³/mol. The third-order valence-corrected chi connectivity index (χ3v) is 2.28. The van der Waals surface area contributed by atoms with Crippen molar-refractivity contribution < 1.29 is 19.0 Å². The minimum atomic E-state index is -1.80. The fraction of sp³-hybridized carbons (Fsp3) is 0.455. The number of esters is 1. The minimum absolute atomic E-state index is 0.0925. The quantitative estimate of drug-likeness (QED) is 0.789. The first-order valence-electron chi connectivity index (χ1n) is 5.06. The molecule has 0 saturated heterocycles. The maximum Gasteiger partial charge on any atom is 0.344 e. The average molecular weight is 227 g/mol. The normalized spacial score (nSPS) is 14.2. The van der Waals surface area contributed by atoms with E-state index in [4.69, 9.17) is 4.74 Å². The van der Waals surface area contributed by atoms with Gasteiger partial charge in [0.25, 0.3) is 0 Å². The Hall–Kier alpha value is -1.49. The highest BCUT2D eigenvalue weighted by Crippen LogP contribution is 2.24. The lowest BCUT2D eigenvalue weighted by atomic mass is 9.96. The molecule has 0 fully saturated rings. The molecule has 1 heterocycles. The molecule has 0 aromatic carbocycles. The molecule has 5 heteroatoms. The molecule has 4 nitrogen and oxygen atoms in total. The fourth-order valence-corrected chi connectivity index (χ4v) is 1.30. The number of ether oxygens (including phenoxy) is 1. The minimum Gasteiger partial charge on any atom is -0.464 e. The highest BCUT2D eigenvalue weighted by atomic mass is 19.1. The third kappa shape index (κ3) is 2.36. The topological polar surface area (TPSA) is 59.4 Å². The van der Waals surface area contributed by atoms with E-state index in [2.05, 4.69) is 4.98 Å². The molecule has 0 spiro atoms. The third-order valence-electron chi connectivity index (χ3n) is 2.28.